The Morgan fingerprint density at radius 3 is 3.05 bits per heavy atom. The summed E-state index contributed by atoms with van der Waals surface area (Å²) in [6, 6.07) is 5.96. The van der Waals surface area contributed by atoms with E-state index in [0.717, 1.165) is 49.7 Å². The van der Waals surface area contributed by atoms with Crippen molar-refractivity contribution in [1.82, 2.24) is 14.7 Å². The van der Waals surface area contributed by atoms with Gasteiger partial charge in [-0.25, -0.2) is 0 Å². The van der Waals surface area contributed by atoms with Crippen molar-refractivity contribution in [2.24, 2.45) is 0 Å². The van der Waals surface area contributed by atoms with Crippen LogP contribution >= 0.6 is 0 Å². The molecule has 1 aliphatic heterocycles. The molecule has 0 bridgehead atoms. The summed E-state index contributed by atoms with van der Waals surface area (Å²) >= 11 is 0. The average molecular weight is 303 g/mol. The standard InChI is InChI=1S/C16H21N3O3/c1-12-4-5-14(22-12)10-18-7-2-3-13(9-18)15-6-8-19(17-15)11-16(20)21/h4-6,8,13H,2-3,7,9-11H2,1H3,(H,20,21)/t13-/m0/s1. The number of hydrogen-bond acceptors (Lipinski definition) is 4. The molecule has 3 heterocycles. The highest BCUT2D eigenvalue weighted by atomic mass is 16.4. The number of hydrogen-bond donors (Lipinski definition) is 1. The monoisotopic (exact) mass is 303 g/mol. The topological polar surface area (TPSA) is 71.5 Å². The van der Waals surface area contributed by atoms with Crippen LogP contribution in [-0.2, 0) is 17.9 Å². The van der Waals surface area contributed by atoms with Gasteiger partial charge in [0.15, 0.2) is 0 Å². The normalized spacial score (nSPS) is 19.4. The number of likely N-dealkylation sites (tertiary alicyclic amines) is 1. The number of furan rings is 1. The summed E-state index contributed by atoms with van der Waals surface area (Å²) in [4.78, 5) is 13.1. The van der Waals surface area contributed by atoms with E-state index in [0.29, 0.717) is 5.92 Å². The third kappa shape index (κ3) is 3.57. The van der Waals surface area contributed by atoms with Crippen LogP contribution in [0.15, 0.2) is 28.8 Å². The van der Waals surface area contributed by atoms with Gasteiger partial charge in [0.1, 0.15) is 18.1 Å². The zero-order valence-corrected chi connectivity index (χ0v) is 12.7. The highest BCUT2D eigenvalue weighted by Gasteiger charge is 2.24. The van der Waals surface area contributed by atoms with E-state index in [-0.39, 0.29) is 6.54 Å². The first-order valence-corrected chi connectivity index (χ1v) is 7.63. The third-order valence-electron chi connectivity index (χ3n) is 4.06. The molecule has 0 saturated carbocycles. The molecule has 1 aliphatic rings. The molecule has 0 amide bonds. The predicted molar refractivity (Wildman–Crippen MR) is 80.6 cm³/mol. The van der Waals surface area contributed by atoms with Gasteiger partial charge in [0, 0.05) is 18.7 Å². The Morgan fingerprint density at radius 2 is 2.32 bits per heavy atom. The van der Waals surface area contributed by atoms with Crippen molar-refractivity contribution >= 4 is 5.97 Å². The van der Waals surface area contributed by atoms with E-state index in [1.807, 2.05) is 25.1 Å². The van der Waals surface area contributed by atoms with Crippen LogP contribution in [0.5, 0.6) is 0 Å². The highest BCUT2D eigenvalue weighted by molar-refractivity contribution is 5.66. The largest absolute Gasteiger partial charge is 0.480 e. The lowest BCUT2D eigenvalue weighted by atomic mass is 9.95. The van der Waals surface area contributed by atoms with Gasteiger partial charge in [0.25, 0.3) is 0 Å². The highest BCUT2D eigenvalue weighted by Crippen LogP contribution is 2.26. The van der Waals surface area contributed by atoms with E-state index in [9.17, 15) is 4.79 Å². The molecule has 22 heavy (non-hydrogen) atoms. The molecule has 0 unspecified atom stereocenters. The first-order chi connectivity index (χ1) is 10.6. The maximum absolute atomic E-state index is 10.7. The lowest BCUT2D eigenvalue weighted by Crippen LogP contribution is -2.34. The molecular weight excluding hydrogens is 282 g/mol. The molecule has 118 valence electrons. The molecule has 1 fully saturated rings. The number of carbonyl (C=O) groups is 1. The predicted octanol–water partition coefficient (Wildman–Crippen LogP) is 2.25. The van der Waals surface area contributed by atoms with Crippen LogP contribution in [0.4, 0.5) is 0 Å². The Bertz CT molecular complexity index is 647. The van der Waals surface area contributed by atoms with Crippen LogP contribution < -0.4 is 0 Å². The molecular formula is C16H21N3O3. The Kier molecular flexibility index (Phi) is 4.29. The molecule has 0 radical (unpaired) electrons. The van der Waals surface area contributed by atoms with Gasteiger partial charge in [-0.05, 0) is 44.5 Å². The minimum absolute atomic E-state index is 0.0812. The molecule has 0 aliphatic carbocycles. The zero-order chi connectivity index (χ0) is 15.5. The fraction of sp³-hybridized carbons (Fsp3) is 0.500. The quantitative estimate of drug-likeness (QED) is 0.917. The number of aliphatic carboxylic acids is 1. The molecule has 1 saturated heterocycles. The van der Waals surface area contributed by atoms with Gasteiger partial charge in [-0.3, -0.25) is 14.4 Å². The fourth-order valence-corrected chi connectivity index (χ4v) is 3.05. The number of piperidine rings is 1. The summed E-state index contributed by atoms with van der Waals surface area (Å²) in [5.41, 5.74) is 0.988. The van der Waals surface area contributed by atoms with E-state index in [1.165, 1.54) is 4.68 Å². The lowest BCUT2D eigenvalue weighted by Gasteiger charge is -2.31. The summed E-state index contributed by atoms with van der Waals surface area (Å²) < 4.78 is 7.14. The van der Waals surface area contributed by atoms with Crippen molar-refractivity contribution in [3.05, 3.63) is 41.6 Å². The average Bonchev–Trinajstić information content (AvgIpc) is 3.08. The van der Waals surface area contributed by atoms with Crippen LogP contribution in [0.2, 0.25) is 0 Å². The number of carboxylic acid groups (broad SMARTS) is 1. The lowest BCUT2D eigenvalue weighted by molar-refractivity contribution is -0.137. The number of aromatic nitrogens is 2. The van der Waals surface area contributed by atoms with Crippen molar-refractivity contribution < 1.29 is 14.3 Å². The van der Waals surface area contributed by atoms with Crippen molar-refractivity contribution in [3.8, 4) is 0 Å². The minimum atomic E-state index is -0.867. The number of carboxylic acids is 1. The van der Waals surface area contributed by atoms with Crippen LogP contribution in [0.3, 0.4) is 0 Å². The SMILES string of the molecule is Cc1ccc(CN2CCC[C@H](c3ccn(CC(=O)O)n3)C2)o1. The maximum Gasteiger partial charge on any atom is 0.325 e. The van der Waals surface area contributed by atoms with E-state index in [1.54, 1.807) is 6.20 Å². The smallest absolute Gasteiger partial charge is 0.325 e. The summed E-state index contributed by atoms with van der Waals surface area (Å²) in [7, 11) is 0. The summed E-state index contributed by atoms with van der Waals surface area (Å²) in [6.45, 7) is 4.69. The molecule has 0 spiro atoms. The molecule has 3 rings (SSSR count). The van der Waals surface area contributed by atoms with Gasteiger partial charge in [0.05, 0.1) is 12.2 Å². The van der Waals surface area contributed by atoms with E-state index in [2.05, 4.69) is 10.00 Å². The van der Waals surface area contributed by atoms with Gasteiger partial charge < -0.3 is 9.52 Å². The van der Waals surface area contributed by atoms with Crippen molar-refractivity contribution in [1.29, 1.82) is 0 Å². The molecule has 6 nitrogen and oxygen atoms in total. The van der Waals surface area contributed by atoms with Gasteiger partial charge in [0.2, 0.25) is 0 Å². The second-order valence-electron chi connectivity index (χ2n) is 5.92. The number of rotatable bonds is 5. The fourth-order valence-electron chi connectivity index (χ4n) is 3.05. The third-order valence-corrected chi connectivity index (χ3v) is 4.06. The molecule has 2 aromatic heterocycles. The Morgan fingerprint density at radius 1 is 1.45 bits per heavy atom. The Balaban J connectivity index is 1.62. The van der Waals surface area contributed by atoms with E-state index >= 15 is 0 Å². The van der Waals surface area contributed by atoms with Crippen LogP contribution in [0, 0.1) is 6.92 Å². The van der Waals surface area contributed by atoms with Gasteiger partial charge >= 0.3 is 5.97 Å². The number of nitrogens with zero attached hydrogens (tertiary/aromatic N) is 3. The first kappa shape index (κ1) is 14.8. The summed E-state index contributed by atoms with van der Waals surface area (Å²) in [5, 5.41) is 13.2. The maximum atomic E-state index is 10.7. The molecule has 1 N–H and O–H groups in total. The van der Waals surface area contributed by atoms with Crippen molar-refractivity contribution in [2.75, 3.05) is 13.1 Å². The number of aryl methyl sites for hydroxylation is 1. The van der Waals surface area contributed by atoms with E-state index < -0.39 is 5.97 Å². The van der Waals surface area contributed by atoms with Crippen molar-refractivity contribution in [3.63, 3.8) is 0 Å². The molecule has 0 aromatic carbocycles. The van der Waals surface area contributed by atoms with Gasteiger partial charge in [-0.2, -0.15) is 5.10 Å². The Hall–Kier alpha value is -2.08. The summed E-state index contributed by atoms with van der Waals surface area (Å²) in [6.07, 6.45) is 3.96. The van der Waals surface area contributed by atoms with Crippen LogP contribution in [0.1, 0.15) is 36.0 Å². The van der Waals surface area contributed by atoms with Crippen LogP contribution in [-0.4, -0.2) is 38.8 Å². The molecule has 1 atom stereocenters. The second-order valence-corrected chi connectivity index (χ2v) is 5.92. The van der Waals surface area contributed by atoms with Gasteiger partial charge in [-0.1, -0.05) is 0 Å². The zero-order valence-electron chi connectivity index (χ0n) is 12.7. The molecule has 2 aromatic rings. The second kappa shape index (κ2) is 6.36. The van der Waals surface area contributed by atoms with Crippen molar-refractivity contribution in [2.45, 2.75) is 38.8 Å². The Labute approximate surface area is 129 Å². The first-order valence-electron chi connectivity index (χ1n) is 7.63. The van der Waals surface area contributed by atoms with Crippen LogP contribution in [0.25, 0.3) is 0 Å². The van der Waals surface area contributed by atoms with Gasteiger partial charge in [-0.15, -0.1) is 0 Å². The minimum Gasteiger partial charge on any atom is -0.480 e. The van der Waals surface area contributed by atoms with E-state index in [4.69, 9.17) is 9.52 Å². The molecule has 6 heteroatoms. The summed E-state index contributed by atoms with van der Waals surface area (Å²) in [5.74, 6) is 1.43.